The molecule has 2 aliphatic carbocycles. The Bertz CT molecular complexity index is 3650. The molecule has 0 saturated carbocycles. The number of benzene rings is 12. The summed E-state index contributed by atoms with van der Waals surface area (Å²) >= 11 is 0. The molecule has 14 rings (SSSR count). The lowest BCUT2D eigenvalue weighted by atomic mass is 9.81. The molecule has 0 saturated heterocycles. The topological polar surface area (TPSA) is 0 Å². The molecule has 0 aromatic heterocycles. The minimum atomic E-state index is 1.22. The van der Waals surface area contributed by atoms with E-state index in [9.17, 15) is 0 Å². The maximum absolute atomic E-state index is 2.46. The summed E-state index contributed by atoms with van der Waals surface area (Å²) in [6.07, 6.45) is 0. The summed E-state index contributed by atoms with van der Waals surface area (Å²) < 4.78 is 0. The first kappa shape index (κ1) is 36.9. The van der Waals surface area contributed by atoms with Crippen LogP contribution in [0.4, 0.5) is 0 Å². The Balaban J connectivity index is 1.14. The van der Waals surface area contributed by atoms with Crippen LogP contribution in [0.15, 0.2) is 243 Å². The SMILES string of the molecule is c1ccc(-c2ccc3c(-c4ccccc4)c4c(c(-c5ccccc5)c3c2)-c2ccc3c5c(ccc-4c25)-c2c-3c(-c3ccccc3)c3ccc(-c4ccccc4)cc3c2-c2ccccc2)cc1. The molecule has 0 aliphatic heterocycles. The van der Waals surface area contributed by atoms with E-state index in [1.165, 1.54) is 144 Å². The smallest absolute Gasteiger partial charge is 0.000740 e. The van der Waals surface area contributed by atoms with Crippen molar-refractivity contribution in [2.24, 2.45) is 0 Å². The van der Waals surface area contributed by atoms with E-state index in [1.54, 1.807) is 0 Å². The molecule has 0 N–H and O–H groups in total. The van der Waals surface area contributed by atoms with Crippen molar-refractivity contribution >= 4 is 32.3 Å². The molecule has 0 spiro atoms. The minimum Gasteiger partial charge on any atom is -0.0622 e. The number of fused-ring (bicyclic) bond motifs is 8. The quantitative estimate of drug-likeness (QED) is 0.157. The van der Waals surface area contributed by atoms with Crippen molar-refractivity contribution in [3.05, 3.63) is 243 Å². The van der Waals surface area contributed by atoms with Gasteiger partial charge in [-0.1, -0.05) is 231 Å². The van der Waals surface area contributed by atoms with Gasteiger partial charge in [-0.2, -0.15) is 0 Å². The molecule has 2 aliphatic rings. The van der Waals surface area contributed by atoms with Crippen LogP contribution in [0.1, 0.15) is 0 Å². The second-order valence-corrected chi connectivity index (χ2v) is 17.8. The molecule has 0 amide bonds. The van der Waals surface area contributed by atoms with Gasteiger partial charge in [-0.3, -0.25) is 0 Å². The fourth-order valence-electron chi connectivity index (χ4n) is 11.6. The van der Waals surface area contributed by atoms with Crippen LogP contribution < -0.4 is 0 Å². The third-order valence-corrected chi connectivity index (χ3v) is 14.3. The van der Waals surface area contributed by atoms with E-state index in [-0.39, 0.29) is 0 Å². The van der Waals surface area contributed by atoms with Gasteiger partial charge in [0.05, 0.1) is 0 Å². The highest BCUT2D eigenvalue weighted by Gasteiger charge is 2.37. The molecule has 12 aromatic carbocycles. The third-order valence-electron chi connectivity index (χ3n) is 14.3. The van der Waals surface area contributed by atoms with Crippen molar-refractivity contribution in [1.29, 1.82) is 0 Å². The Hall–Kier alpha value is -8.58. The summed E-state index contributed by atoms with van der Waals surface area (Å²) in [6.45, 7) is 0. The average Bonchev–Trinajstić information content (AvgIpc) is 3.90. The van der Waals surface area contributed by atoms with E-state index >= 15 is 0 Å². The van der Waals surface area contributed by atoms with E-state index in [1.807, 2.05) is 0 Å². The Morgan fingerprint density at radius 3 is 0.667 bits per heavy atom. The standard InChI is InChI=1S/C66H40/c1-7-19-41(20-8-1)47-31-33-49-55(39-47)59(45-27-15-5-16-28-45)65-53-37-35-52-62-54(38-36-51(61(53)62)63(65)57(49)43-23-11-3-12-24-43)66-60(46-29-17-6-18-30-46)56-40-48(42-21-9-2-10-22-42)32-34-50(56)58(64(52)66)44-25-13-4-14-26-44/h1-40H. The van der Waals surface area contributed by atoms with Gasteiger partial charge in [-0.15, -0.1) is 0 Å². The van der Waals surface area contributed by atoms with Gasteiger partial charge < -0.3 is 0 Å². The Morgan fingerprint density at radius 2 is 0.394 bits per heavy atom. The van der Waals surface area contributed by atoms with Crippen LogP contribution in [0.3, 0.4) is 0 Å². The molecule has 0 radical (unpaired) electrons. The van der Waals surface area contributed by atoms with E-state index in [2.05, 4.69) is 243 Å². The van der Waals surface area contributed by atoms with Crippen LogP contribution in [0.25, 0.3) is 144 Å². The van der Waals surface area contributed by atoms with Gasteiger partial charge in [0.15, 0.2) is 0 Å². The van der Waals surface area contributed by atoms with Gasteiger partial charge >= 0.3 is 0 Å². The summed E-state index contributed by atoms with van der Waals surface area (Å²) in [5.41, 5.74) is 25.4. The Labute approximate surface area is 384 Å². The predicted octanol–water partition coefficient (Wildman–Crippen LogP) is 18.4. The summed E-state index contributed by atoms with van der Waals surface area (Å²) in [4.78, 5) is 0. The van der Waals surface area contributed by atoms with Gasteiger partial charge in [0, 0.05) is 0 Å². The van der Waals surface area contributed by atoms with Crippen LogP contribution in [0.2, 0.25) is 0 Å². The fourth-order valence-corrected chi connectivity index (χ4v) is 11.6. The molecule has 0 nitrogen and oxygen atoms in total. The van der Waals surface area contributed by atoms with Gasteiger partial charge in [-0.25, -0.2) is 0 Å². The lowest BCUT2D eigenvalue weighted by Gasteiger charge is -2.22. The van der Waals surface area contributed by atoms with Crippen molar-refractivity contribution in [2.75, 3.05) is 0 Å². The van der Waals surface area contributed by atoms with Crippen molar-refractivity contribution in [1.82, 2.24) is 0 Å². The van der Waals surface area contributed by atoms with E-state index in [4.69, 9.17) is 0 Å². The van der Waals surface area contributed by atoms with Crippen molar-refractivity contribution in [3.8, 4) is 111 Å². The van der Waals surface area contributed by atoms with Crippen LogP contribution in [-0.2, 0) is 0 Å². The van der Waals surface area contributed by atoms with Crippen molar-refractivity contribution in [2.45, 2.75) is 0 Å². The minimum absolute atomic E-state index is 1.22. The van der Waals surface area contributed by atoms with E-state index in [0.29, 0.717) is 0 Å². The highest BCUT2D eigenvalue weighted by molar-refractivity contribution is 6.35. The Morgan fingerprint density at radius 1 is 0.152 bits per heavy atom. The van der Waals surface area contributed by atoms with Crippen LogP contribution in [0, 0.1) is 0 Å². The highest BCUT2D eigenvalue weighted by atomic mass is 14.4. The maximum Gasteiger partial charge on any atom is -0.000740 e. The van der Waals surface area contributed by atoms with E-state index < -0.39 is 0 Å². The zero-order valence-electron chi connectivity index (χ0n) is 36.1. The monoisotopic (exact) mass is 832 g/mol. The number of hydrogen-bond acceptors (Lipinski definition) is 0. The van der Waals surface area contributed by atoms with Gasteiger partial charge in [-0.05, 0) is 156 Å². The molecule has 0 unspecified atom stereocenters. The van der Waals surface area contributed by atoms with E-state index in [0.717, 1.165) is 0 Å². The number of hydrogen-bond donors (Lipinski definition) is 0. The van der Waals surface area contributed by atoms with Gasteiger partial charge in [0.2, 0.25) is 0 Å². The molecular formula is C66H40. The summed E-state index contributed by atoms with van der Waals surface area (Å²) in [6, 6.07) is 90.2. The lowest BCUT2D eigenvalue weighted by Crippen LogP contribution is -1.95. The second kappa shape index (κ2) is 14.5. The molecule has 66 heavy (non-hydrogen) atoms. The summed E-state index contributed by atoms with van der Waals surface area (Å²) in [5, 5.41) is 7.75. The molecule has 0 heterocycles. The molecule has 0 bridgehead atoms. The largest absolute Gasteiger partial charge is 0.0622 e. The molecule has 12 aromatic rings. The van der Waals surface area contributed by atoms with Crippen molar-refractivity contribution in [3.63, 3.8) is 0 Å². The number of rotatable bonds is 6. The normalized spacial score (nSPS) is 11.9. The maximum atomic E-state index is 2.46. The van der Waals surface area contributed by atoms with Crippen molar-refractivity contribution < 1.29 is 0 Å². The molecular weight excluding hydrogens is 793 g/mol. The van der Waals surface area contributed by atoms with Crippen LogP contribution >= 0.6 is 0 Å². The molecule has 0 fully saturated rings. The average molecular weight is 833 g/mol. The first-order valence-corrected chi connectivity index (χ1v) is 23.0. The zero-order chi connectivity index (χ0) is 43.3. The first-order chi connectivity index (χ1) is 32.8. The molecule has 0 heteroatoms. The summed E-state index contributed by atoms with van der Waals surface area (Å²) in [5.74, 6) is 0. The zero-order valence-corrected chi connectivity index (χ0v) is 36.1. The van der Waals surface area contributed by atoms with Gasteiger partial charge in [0.25, 0.3) is 0 Å². The van der Waals surface area contributed by atoms with Gasteiger partial charge in [0.1, 0.15) is 0 Å². The molecule has 304 valence electrons. The lowest BCUT2D eigenvalue weighted by molar-refractivity contribution is 1.60. The first-order valence-electron chi connectivity index (χ1n) is 23.0. The fraction of sp³-hybridized carbons (Fsp3) is 0. The predicted molar refractivity (Wildman–Crippen MR) is 280 cm³/mol. The van der Waals surface area contributed by atoms with Crippen LogP contribution in [0.5, 0.6) is 0 Å². The Kier molecular flexibility index (Phi) is 8.08. The second-order valence-electron chi connectivity index (χ2n) is 17.8. The highest BCUT2D eigenvalue weighted by Crippen LogP contribution is 2.64. The molecule has 0 atom stereocenters. The summed E-state index contributed by atoms with van der Waals surface area (Å²) in [7, 11) is 0. The van der Waals surface area contributed by atoms with Crippen LogP contribution in [-0.4, -0.2) is 0 Å². The third kappa shape index (κ3) is 5.33.